The molecule has 0 radical (unpaired) electrons. The third kappa shape index (κ3) is 3.12. The van der Waals surface area contributed by atoms with Crippen LogP contribution in [0.4, 0.5) is 0 Å². The summed E-state index contributed by atoms with van der Waals surface area (Å²) in [6.45, 7) is 14.8. The van der Waals surface area contributed by atoms with Crippen LogP contribution in [0.3, 0.4) is 0 Å². The Morgan fingerprint density at radius 2 is 1.62 bits per heavy atom. The molecule has 0 saturated carbocycles. The van der Waals surface area contributed by atoms with Crippen molar-refractivity contribution in [1.82, 2.24) is 0 Å². The van der Waals surface area contributed by atoms with Crippen molar-refractivity contribution in [2.45, 2.75) is 46.5 Å². The summed E-state index contributed by atoms with van der Waals surface area (Å²) in [5.74, 6) is 0. The van der Waals surface area contributed by atoms with Crippen LogP contribution in [-0.2, 0) is 11.8 Å². The van der Waals surface area contributed by atoms with Crippen LogP contribution in [0.25, 0.3) is 0 Å². The van der Waals surface area contributed by atoms with Gasteiger partial charge in [0.05, 0.1) is 0 Å². The molecule has 0 aliphatic rings. The highest BCUT2D eigenvalue weighted by molar-refractivity contribution is 6.29. The molecule has 0 aliphatic carbocycles. The molecule has 0 atom stereocenters. The molecule has 0 fully saturated rings. The lowest BCUT2D eigenvalue weighted by Crippen LogP contribution is -2.12. The minimum absolute atomic E-state index is 0.200. The van der Waals surface area contributed by atoms with Gasteiger partial charge in [-0.15, -0.1) is 0 Å². The molecule has 1 rings (SSSR count). The molecule has 0 nitrogen and oxygen atoms in total. The zero-order chi connectivity index (χ0) is 12.5. The van der Waals surface area contributed by atoms with Crippen molar-refractivity contribution in [3.8, 4) is 0 Å². The maximum Gasteiger partial charge on any atom is 0.0153 e. The molecule has 1 heteroatoms. The SMILES string of the molecule is C=C(Cl)Cc1c(C)cc(C(C)(C)C)cc1C. The molecule has 0 aromatic heterocycles. The van der Waals surface area contributed by atoms with Crippen LogP contribution in [0.2, 0.25) is 0 Å². The Balaban J connectivity index is 3.23. The van der Waals surface area contributed by atoms with Gasteiger partial charge in [-0.05, 0) is 41.5 Å². The van der Waals surface area contributed by atoms with Gasteiger partial charge in [0.2, 0.25) is 0 Å². The number of aryl methyl sites for hydroxylation is 2. The van der Waals surface area contributed by atoms with Crippen LogP contribution in [0.15, 0.2) is 23.7 Å². The van der Waals surface area contributed by atoms with E-state index in [9.17, 15) is 0 Å². The predicted molar refractivity (Wildman–Crippen MR) is 73.3 cm³/mol. The molecule has 0 heterocycles. The van der Waals surface area contributed by atoms with E-state index >= 15 is 0 Å². The zero-order valence-corrected chi connectivity index (χ0v) is 11.7. The van der Waals surface area contributed by atoms with E-state index in [4.69, 9.17) is 11.6 Å². The van der Waals surface area contributed by atoms with E-state index in [2.05, 4.69) is 53.3 Å². The van der Waals surface area contributed by atoms with E-state index in [1.54, 1.807) is 0 Å². The molecule has 16 heavy (non-hydrogen) atoms. The number of hydrogen-bond donors (Lipinski definition) is 0. The van der Waals surface area contributed by atoms with Crippen LogP contribution < -0.4 is 0 Å². The third-order valence-electron chi connectivity index (χ3n) is 2.93. The second-order valence-corrected chi connectivity index (χ2v) is 6.07. The molecule has 0 amide bonds. The highest BCUT2D eigenvalue weighted by atomic mass is 35.5. The fraction of sp³-hybridized carbons (Fsp3) is 0.467. The first-order valence-corrected chi connectivity index (χ1v) is 6.03. The number of benzene rings is 1. The van der Waals surface area contributed by atoms with Gasteiger partial charge in [0.25, 0.3) is 0 Å². The Morgan fingerprint density at radius 1 is 1.19 bits per heavy atom. The standard InChI is InChI=1S/C15H21Cl/c1-10-7-13(15(4,5)6)8-11(2)14(10)9-12(3)16/h7-8H,3,9H2,1-2,4-6H3. The summed E-state index contributed by atoms with van der Waals surface area (Å²) in [5, 5.41) is 0.703. The Kier molecular flexibility index (Phi) is 3.85. The average Bonchev–Trinajstić information content (AvgIpc) is 2.09. The summed E-state index contributed by atoms with van der Waals surface area (Å²) in [6, 6.07) is 4.53. The van der Waals surface area contributed by atoms with Gasteiger partial charge in [0, 0.05) is 11.5 Å². The van der Waals surface area contributed by atoms with Crippen molar-refractivity contribution < 1.29 is 0 Å². The first-order valence-electron chi connectivity index (χ1n) is 5.65. The highest BCUT2D eigenvalue weighted by Crippen LogP contribution is 2.28. The van der Waals surface area contributed by atoms with Crippen molar-refractivity contribution >= 4 is 11.6 Å². The molecule has 1 aromatic rings. The first-order chi connectivity index (χ1) is 7.21. The van der Waals surface area contributed by atoms with E-state index in [0.717, 1.165) is 6.42 Å². The Labute approximate surface area is 104 Å². The Hall–Kier alpha value is -0.750. The highest BCUT2D eigenvalue weighted by Gasteiger charge is 2.16. The average molecular weight is 237 g/mol. The lowest BCUT2D eigenvalue weighted by molar-refractivity contribution is 0.589. The molecular formula is C15H21Cl. The summed E-state index contributed by atoms with van der Waals surface area (Å²) in [6.07, 6.45) is 0.768. The van der Waals surface area contributed by atoms with Gasteiger partial charge in [0.15, 0.2) is 0 Å². The van der Waals surface area contributed by atoms with E-state index in [1.807, 2.05) is 0 Å². The fourth-order valence-corrected chi connectivity index (χ4v) is 2.03. The minimum atomic E-state index is 0.200. The molecule has 0 spiro atoms. The van der Waals surface area contributed by atoms with Crippen molar-refractivity contribution in [1.29, 1.82) is 0 Å². The number of halogens is 1. The van der Waals surface area contributed by atoms with Gasteiger partial charge in [-0.2, -0.15) is 0 Å². The van der Waals surface area contributed by atoms with Crippen LogP contribution in [0.1, 0.15) is 43.0 Å². The van der Waals surface area contributed by atoms with Gasteiger partial charge in [-0.3, -0.25) is 0 Å². The fourth-order valence-electron chi connectivity index (χ4n) is 1.90. The largest absolute Gasteiger partial charge is 0.0894 e. The summed E-state index contributed by atoms with van der Waals surface area (Å²) >= 11 is 5.89. The minimum Gasteiger partial charge on any atom is -0.0894 e. The van der Waals surface area contributed by atoms with Gasteiger partial charge >= 0.3 is 0 Å². The molecule has 0 saturated heterocycles. The molecule has 0 bridgehead atoms. The summed E-state index contributed by atoms with van der Waals surface area (Å²) in [5.41, 5.74) is 5.52. The topological polar surface area (TPSA) is 0 Å². The third-order valence-corrected chi connectivity index (χ3v) is 3.06. The summed E-state index contributed by atoms with van der Waals surface area (Å²) < 4.78 is 0. The number of rotatable bonds is 2. The molecule has 0 unspecified atom stereocenters. The van der Waals surface area contributed by atoms with Crippen LogP contribution in [-0.4, -0.2) is 0 Å². The lowest BCUT2D eigenvalue weighted by Gasteiger charge is -2.22. The first kappa shape index (κ1) is 13.3. The molecule has 88 valence electrons. The maximum atomic E-state index is 5.89. The molecular weight excluding hydrogens is 216 g/mol. The number of hydrogen-bond acceptors (Lipinski definition) is 0. The monoisotopic (exact) mass is 236 g/mol. The van der Waals surface area contributed by atoms with Gasteiger partial charge in [0.1, 0.15) is 0 Å². The van der Waals surface area contributed by atoms with Crippen molar-refractivity contribution in [3.05, 3.63) is 46.0 Å². The molecule has 0 N–H and O–H groups in total. The normalized spacial score (nSPS) is 11.6. The van der Waals surface area contributed by atoms with E-state index < -0.39 is 0 Å². The van der Waals surface area contributed by atoms with Crippen molar-refractivity contribution in [3.63, 3.8) is 0 Å². The zero-order valence-electron chi connectivity index (χ0n) is 10.9. The molecule has 0 aliphatic heterocycles. The number of allylic oxidation sites excluding steroid dienone is 1. The van der Waals surface area contributed by atoms with E-state index in [1.165, 1.54) is 22.3 Å². The maximum absolute atomic E-state index is 5.89. The van der Waals surface area contributed by atoms with Crippen LogP contribution in [0, 0.1) is 13.8 Å². The van der Waals surface area contributed by atoms with Crippen LogP contribution >= 0.6 is 11.6 Å². The van der Waals surface area contributed by atoms with Crippen molar-refractivity contribution in [2.75, 3.05) is 0 Å². The molecule has 1 aromatic carbocycles. The van der Waals surface area contributed by atoms with Crippen molar-refractivity contribution in [2.24, 2.45) is 0 Å². The lowest BCUT2D eigenvalue weighted by atomic mass is 9.83. The Bertz CT molecular complexity index is 385. The second-order valence-electron chi connectivity index (χ2n) is 5.53. The smallest absolute Gasteiger partial charge is 0.0153 e. The predicted octanol–water partition coefficient (Wildman–Crippen LogP) is 4.90. The quantitative estimate of drug-likeness (QED) is 0.686. The van der Waals surface area contributed by atoms with Gasteiger partial charge < -0.3 is 0 Å². The van der Waals surface area contributed by atoms with Crippen LogP contribution in [0.5, 0.6) is 0 Å². The second kappa shape index (κ2) is 4.63. The van der Waals surface area contributed by atoms with Gasteiger partial charge in [-0.1, -0.05) is 51.1 Å². The summed E-state index contributed by atoms with van der Waals surface area (Å²) in [4.78, 5) is 0. The Morgan fingerprint density at radius 3 is 1.94 bits per heavy atom. The van der Waals surface area contributed by atoms with Gasteiger partial charge in [-0.25, -0.2) is 0 Å². The van der Waals surface area contributed by atoms with E-state index in [-0.39, 0.29) is 5.41 Å². The van der Waals surface area contributed by atoms with E-state index in [0.29, 0.717) is 5.03 Å². The summed E-state index contributed by atoms with van der Waals surface area (Å²) in [7, 11) is 0.